The fraction of sp³-hybridized carbons (Fsp3) is 0.250. The summed E-state index contributed by atoms with van der Waals surface area (Å²) in [4.78, 5) is 32.1. The minimum Gasteiger partial charge on any atom is -0.293 e. The molecular weight excluding hydrogens is 382 g/mol. The molecule has 4 aliphatic rings. The van der Waals surface area contributed by atoms with Crippen LogP contribution in [0, 0.1) is 11.8 Å². The molecule has 4 unspecified atom stereocenters. The number of hydrogen-bond acceptors (Lipinski definition) is 3. The number of carbonyl (C=O) groups excluding carboxylic acids is 2. The maximum atomic E-state index is 13.6. The molecule has 1 fully saturated rings. The molecule has 1 heterocycles. The van der Waals surface area contributed by atoms with Crippen LogP contribution in [0.25, 0.3) is 22.2 Å². The van der Waals surface area contributed by atoms with Crippen molar-refractivity contribution < 1.29 is 9.59 Å². The van der Waals surface area contributed by atoms with Gasteiger partial charge in [0.1, 0.15) is 0 Å². The lowest BCUT2D eigenvalue weighted by Gasteiger charge is -2.30. The molecule has 0 saturated heterocycles. The summed E-state index contributed by atoms with van der Waals surface area (Å²) in [6.07, 6.45) is 11.1. The van der Waals surface area contributed by atoms with Crippen molar-refractivity contribution in [1.29, 1.82) is 0 Å². The van der Waals surface area contributed by atoms with Gasteiger partial charge in [0.15, 0.2) is 11.6 Å². The lowest BCUT2D eigenvalue weighted by atomic mass is 9.71. The van der Waals surface area contributed by atoms with E-state index in [0.29, 0.717) is 23.0 Å². The third-order valence-electron chi connectivity index (χ3n) is 7.79. The van der Waals surface area contributed by atoms with Crippen LogP contribution in [0.1, 0.15) is 62.9 Å². The van der Waals surface area contributed by atoms with Gasteiger partial charge in [-0.05, 0) is 48.3 Å². The highest BCUT2D eigenvalue weighted by atomic mass is 16.1. The molecule has 3 heteroatoms. The summed E-state index contributed by atoms with van der Waals surface area (Å²) in [6, 6.07) is 14.3. The van der Waals surface area contributed by atoms with Gasteiger partial charge in [-0.1, -0.05) is 60.7 Å². The van der Waals surface area contributed by atoms with Crippen LogP contribution in [0.3, 0.4) is 0 Å². The van der Waals surface area contributed by atoms with Gasteiger partial charge in [0, 0.05) is 16.5 Å². The van der Waals surface area contributed by atoms with Crippen LogP contribution in [0.5, 0.6) is 0 Å². The Labute approximate surface area is 180 Å². The molecule has 4 atom stereocenters. The number of nitrogens with zero attached hydrogens (tertiary/aromatic N) is 1. The lowest BCUT2D eigenvalue weighted by Crippen LogP contribution is -2.35. The van der Waals surface area contributed by atoms with Crippen molar-refractivity contribution in [2.75, 3.05) is 0 Å². The molecule has 0 radical (unpaired) electrons. The van der Waals surface area contributed by atoms with Crippen LogP contribution in [-0.4, -0.2) is 16.6 Å². The van der Waals surface area contributed by atoms with Crippen LogP contribution in [-0.2, 0) is 0 Å². The van der Waals surface area contributed by atoms with Crippen molar-refractivity contribution in [3.05, 3.63) is 89.0 Å². The maximum Gasteiger partial charge on any atom is 0.173 e. The molecule has 0 spiro atoms. The van der Waals surface area contributed by atoms with E-state index < -0.39 is 5.92 Å². The number of carbonyl (C=O) groups is 2. The van der Waals surface area contributed by atoms with Crippen LogP contribution >= 0.6 is 0 Å². The third-order valence-corrected chi connectivity index (χ3v) is 7.79. The lowest BCUT2D eigenvalue weighted by molar-refractivity contribution is 0.0803. The Kier molecular flexibility index (Phi) is 3.42. The van der Waals surface area contributed by atoms with E-state index in [9.17, 15) is 9.59 Å². The summed E-state index contributed by atoms with van der Waals surface area (Å²) >= 11 is 0. The van der Waals surface area contributed by atoms with Gasteiger partial charge in [-0.2, -0.15) is 0 Å². The Hall–Kier alpha value is -3.33. The van der Waals surface area contributed by atoms with E-state index in [4.69, 9.17) is 4.98 Å². The highest BCUT2D eigenvalue weighted by molar-refractivity contribution is 6.23. The Bertz CT molecular complexity index is 1370. The van der Waals surface area contributed by atoms with E-state index in [0.717, 1.165) is 22.2 Å². The normalized spacial score (nSPS) is 27.5. The van der Waals surface area contributed by atoms with Crippen LogP contribution < -0.4 is 0 Å². The van der Waals surface area contributed by atoms with E-state index in [1.165, 1.54) is 30.4 Å². The number of ketones is 2. The standard InChI is InChI=1S/C28H21NO2/c30-27-18-8-4-5-9-19(18)28(31)24-21(27)13-12-20-22-16-10-11-17(14-16)23(22)25(29-26(20)24)15-6-2-1-3-7-15/h1-9,12-13,16-19H,10-11,14H2. The van der Waals surface area contributed by atoms with Crippen LogP contribution in [0.15, 0.2) is 66.8 Å². The second-order valence-corrected chi connectivity index (χ2v) is 9.29. The van der Waals surface area contributed by atoms with Crippen molar-refractivity contribution in [3.8, 4) is 11.3 Å². The van der Waals surface area contributed by atoms with Gasteiger partial charge >= 0.3 is 0 Å². The molecule has 0 amide bonds. The van der Waals surface area contributed by atoms with Gasteiger partial charge in [-0.25, -0.2) is 4.98 Å². The molecule has 4 aliphatic carbocycles. The highest BCUT2D eigenvalue weighted by Gasteiger charge is 2.44. The smallest absolute Gasteiger partial charge is 0.173 e. The molecular formula is C28H21NO2. The maximum absolute atomic E-state index is 13.6. The summed E-state index contributed by atoms with van der Waals surface area (Å²) in [6.45, 7) is 0. The Morgan fingerprint density at radius 2 is 1.48 bits per heavy atom. The molecule has 3 nitrogen and oxygen atoms in total. The minimum absolute atomic E-state index is 0.0282. The van der Waals surface area contributed by atoms with Gasteiger partial charge < -0.3 is 0 Å². The number of aromatic nitrogens is 1. The van der Waals surface area contributed by atoms with Crippen LogP contribution in [0.4, 0.5) is 0 Å². The summed E-state index contributed by atoms with van der Waals surface area (Å²) in [5.41, 5.74) is 6.65. The summed E-state index contributed by atoms with van der Waals surface area (Å²) in [5, 5.41) is 1.08. The number of benzene rings is 2. The molecule has 2 aromatic carbocycles. The van der Waals surface area contributed by atoms with E-state index in [1.54, 1.807) is 0 Å². The van der Waals surface area contributed by atoms with Crippen molar-refractivity contribution in [1.82, 2.24) is 4.98 Å². The first-order chi connectivity index (χ1) is 15.2. The highest BCUT2D eigenvalue weighted by Crippen LogP contribution is 2.57. The molecule has 31 heavy (non-hydrogen) atoms. The van der Waals surface area contributed by atoms with Crippen LogP contribution in [0.2, 0.25) is 0 Å². The zero-order valence-corrected chi connectivity index (χ0v) is 17.0. The second-order valence-electron chi connectivity index (χ2n) is 9.29. The third kappa shape index (κ3) is 2.21. The number of hydrogen-bond donors (Lipinski definition) is 0. The largest absolute Gasteiger partial charge is 0.293 e. The van der Waals surface area contributed by atoms with Gasteiger partial charge in [0.25, 0.3) is 0 Å². The average Bonchev–Trinajstić information content (AvgIpc) is 3.45. The first-order valence-electron chi connectivity index (χ1n) is 11.2. The molecule has 1 aromatic heterocycles. The van der Waals surface area contributed by atoms with Crippen molar-refractivity contribution in [2.24, 2.45) is 11.8 Å². The minimum atomic E-state index is -0.415. The van der Waals surface area contributed by atoms with Gasteiger partial charge in [-0.3, -0.25) is 9.59 Å². The predicted octanol–water partition coefficient (Wildman–Crippen LogP) is 6.00. The summed E-state index contributed by atoms with van der Waals surface area (Å²) < 4.78 is 0. The first kappa shape index (κ1) is 17.4. The first-order valence-corrected chi connectivity index (χ1v) is 11.2. The second kappa shape index (κ2) is 6.10. The zero-order valence-electron chi connectivity index (χ0n) is 17.0. The molecule has 7 rings (SSSR count). The quantitative estimate of drug-likeness (QED) is 0.500. The molecule has 1 saturated carbocycles. The number of Topliss-reactive ketones (excluding diaryl/α,β-unsaturated/α-hetero) is 2. The van der Waals surface area contributed by atoms with Crippen molar-refractivity contribution in [3.63, 3.8) is 0 Å². The topological polar surface area (TPSA) is 47.0 Å². The monoisotopic (exact) mass is 403 g/mol. The molecule has 150 valence electrons. The molecule has 0 aliphatic heterocycles. The average molecular weight is 403 g/mol. The molecule has 2 bridgehead atoms. The Morgan fingerprint density at radius 1 is 0.774 bits per heavy atom. The Morgan fingerprint density at radius 3 is 2.26 bits per heavy atom. The number of fused-ring (bicyclic) bond motifs is 10. The van der Waals surface area contributed by atoms with Crippen molar-refractivity contribution >= 4 is 22.5 Å². The fourth-order valence-electron chi connectivity index (χ4n) is 6.45. The molecule has 3 aromatic rings. The van der Waals surface area contributed by atoms with E-state index in [-0.39, 0.29) is 17.5 Å². The fourth-order valence-corrected chi connectivity index (χ4v) is 6.45. The van der Waals surface area contributed by atoms with Gasteiger partial charge in [0.05, 0.1) is 28.6 Å². The summed E-state index contributed by atoms with van der Waals surface area (Å²) in [7, 11) is 0. The predicted molar refractivity (Wildman–Crippen MR) is 120 cm³/mol. The van der Waals surface area contributed by atoms with E-state index in [1.807, 2.05) is 48.6 Å². The van der Waals surface area contributed by atoms with E-state index in [2.05, 4.69) is 18.2 Å². The van der Waals surface area contributed by atoms with E-state index >= 15 is 0 Å². The van der Waals surface area contributed by atoms with Crippen molar-refractivity contribution in [2.45, 2.75) is 31.1 Å². The van der Waals surface area contributed by atoms with Gasteiger partial charge in [0.2, 0.25) is 0 Å². The number of pyridine rings is 1. The summed E-state index contributed by atoms with van der Waals surface area (Å²) in [5.74, 6) is 0.346. The SMILES string of the molecule is O=C1c2ccc3c4c(c(-c5ccccc5)nc3c2C(=O)C2C=CC=CC12)C1CCC4C1. The zero-order chi connectivity index (χ0) is 20.7. The molecule has 0 N–H and O–H groups in total. The Balaban J connectivity index is 1.58. The van der Waals surface area contributed by atoms with Gasteiger partial charge in [-0.15, -0.1) is 0 Å². The number of allylic oxidation sites excluding steroid dienone is 4. The number of rotatable bonds is 1.